The number of para-hydroxylation sites is 1. The van der Waals surface area contributed by atoms with Crippen molar-refractivity contribution in [2.24, 2.45) is 17.8 Å². The first kappa shape index (κ1) is 43.9. The predicted molar refractivity (Wildman–Crippen MR) is 224 cm³/mol. The number of aromatic nitrogens is 1. The standard InChI is InChI=1S/C47H65N3O8/c1-11-39-47(8,53)42-33(6)50(42)27-29(2)25-46(7,55-22-21-35-24-36-19-15-16-20-37(36)48-26-35)43(31(4)40(51)32(5)44(52)57-39)58-45-41(38(49(9)10)23-30(3)56-45)54-28-34-17-13-12-14-18-34/h12-22,24,26,29-33,38-39,41-43,45,53H,11,23,25,27-28H2,1-10H3/b22-21+/t29-,30-,31+,32-,33?,38+,39-,41-,42?,43-,45+,46+,47-,50?/m1/s1. The van der Waals surface area contributed by atoms with Gasteiger partial charge in [-0.3, -0.25) is 19.5 Å². The van der Waals surface area contributed by atoms with Gasteiger partial charge in [-0.15, -0.1) is 0 Å². The number of rotatable bonds is 10. The first-order valence-corrected chi connectivity index (χ1v) is 21.1. The van der Waals surface area contributed by atoms with Crippen LogP contribution in [0.4, 0.5) is 0 Å². The lowest BCUT2D eigenvalue weighted by atomic mass is 9.78. The monoisotopic (exact) mass is 799 g/mol. The lowest BCUT2D eigenvalue weighted by molar-refractivity contribution is -0.302. The summed E-state index contributed by atoms with van der Waals surface area (Å²) in [5, 5.41) is 12.9. The average Bonchev–Trinajstić information content (AvgIpc) is 3.85. The quantitative estimate of drug-likeness (QED) is 0.0985. The minimum absolute atomic E-state index is 0.0335. The molecule has 0 bridgehead atoms. The minimum Gasteiger partial charge on any atom is -0.492 e. The van der Waals surface area contributed by atoms with Crippen molar-refractivity contribution in [1.82, 2.24) is 14.8 Å². The summed E-state index contributed by atoms with van der Waals surface area (Å²) < 4.78 is 33.5. The summed E-state index contributed by atoms with van der Waals surface area (Å²) in [5.74, 6) is -2.96. The Hall–Kier alpha value is -3.71. The third-order valence-corrected chi connectivity index (χ3v) is 12.7. The molecular weight excluding hydrogens is 735 g/mol. The Morgan fingerprint density at radius 2 is 1.72 bits per heavy atom. The second-order valence-corrected chi connectivity index (χ2v) is 17.8. The Morgan fingerprint density at radius 3 is 2.43 bits per heavy atom. The average molecular weight is 800 g/mol. The van der Waals surface area contributed by atoms with Gasteiger partial charge in [-0.05, 0) is 103 Å². The van der Waals surface area contributed by atoms with Crippen LogP contribution in [0.2, 0.25) is 0 Å². The summed E-state index contributed by atoms with van der Waals surface area (Å²) in [5.41, 5.74) is 0.350. The number of benzene rings is 2. The summed E-state index contributed by atoms with van der Waals surface area (Å²) in [6.07, 6.45) is 3.74. The van der Waals surface area contributed by atoms with Gasteiger partial charge in [0.1, 0.15) is 35.4 Å². The molecule has 3 aromatic rings. The maximum Gasteiger partial charge on any atom is 0.316 e. The van der Waals surface area contributed by atoms with E-state index >= 15 is 0 Å². The van der Waals surface area contributed by atoms with Crippen LogP contribution < -0.4 is 0 Å². The second-order valence-electron chi connectivity index (χ2n) is 17.8. The van der Waals surface area contributed by atoms with Gasteiger partial charge in [0.25, 0.3) is 0 Å². The van der Waals surface area contributed by atoms with E-state index in [9.17, 15) is 14.7 Å². The van der Waals surface area contributed by atoms with E-state index in [1.807, 2.05) is 95.5 Å². The summed E-state index contributed by atoms with van der Waals surface area (Å²) in [6.45, 7) is 16.3. The molecule has 11 nitrogen and oxygen atoms in total. The molecule has 58 heavy (non-hydrogen) atoms. The Bertz CT molecular complexity index is 1890. The molecule has 0 saturated carbocycles. The maximum absolute atomic E-state index is 14.7. The molecule has 0 aliphatic carbocycles. The Kier molecular flexibility index (Phi) is 13.8. The summed E-state index contributed by atoms with van der Waals surface area (Å²) in [7, 11) is 4.06. The van der Waals surface area contributed by atoms with Gasteiger partial charge in [0, 0.05) is 36.1 Å². The number of aliphatic hydroxyl groups is 1. The lowest BCUT2D eigenvalue weighted by Gasteiger charge is -2.48. The van der Waals surface area contributed by atoms with Crippen molar-refractivity contribution in [2.45, 2.75) is 141 Å². The van der Waals surface area contributed by atoms with Gasteiger partial charge >= 0.3 is 5.97 Å². The van der Waals surface area contributed by atoms with Crippen molar-refractivity contribution in [3.05, 3.63) is 84.2 Å². The van der Waals surface area contributed by atoms with Crippen LogP contribution in [0.5, 0.6) is 0 Å². The second kappa shape index (κ2) is 18.3. The highest BCUT2D eigenvalue weighted by Gasteiger charge is 2.59. The molecule has 0 amide bonds. The normalized spacial score (nSPS) is 37.7. The Labute approximate surface area is 345 Å². The fourth-order valence-electron chi connectivity index (χ4n) is 9.54. The molecule has 316 valence electrons. The van der Waals surface area contributed by atoms with E-state index in [2.05, 4.69) is 34.7 Å². The van der Waals surface area contributed by atoms with E-state index in [-0.39, 0.29) is 35.9 Å². The molecule has 3 aliphatic rings. The van der Waals surface area contributed by atoms with Gasteiger partial charge in [0.15, 0.2) is 12.1 Å². The third-order valence-electron chi connectivity index (χ3n) is 12.7. The van der Waals surface area contributed by atoms with Crippen molar-refractivity contribution in [3.63, 3.8) is 0 Å². The highest BCUT2D eigenvalue weighted by Crippen LogP contribution is 2.43. The van der Waals surface area contributed by atoms with Crippen LogP contribution in [0.1, 0.15) is 85.8 Å². The van der Waals surface area contributed by atoms with Crippen LogP contribution in [-0.4, -0.2) is 112 Å². The van der Waals surface area contributed by atoms with Gasteiger partial charge in [-0.2, -0.15) is 0 Å². The van der Waals surface area contributed by atoms with E-state index in [1.165, 1.54) is 0 Å². The SMILES string of the molecule is CC[C@H]1OC(=O)[C@H](C)C(=O)[C@H](C)[C@@H](O[C@@H]2O[C@H](C)C[C@H](N(C)C)[C@H]2OCc2ccccc2)[C@@](C)(O/C=C/c2cnc3ccccc3c2)C[C@@H](C)CN2C(C)C2[C@]1(C)O. The molecule has 3 fully saturated rings. The smallest absolute Gasteiger partial charge is 0.316 e. The molecule has 3 aliphatic heterocycles. The molecule has 4 heterocycles. The van der Waals surface area contributed by atoms with Crippen molar-refractivity contribution < 1.29 is 38.4 Å². The van der Waals surface area contributed by atoms with Crippen LogP contribution >= 0.6 is 0 Å². The third kappa shape index (κ3) is 9.67. The number of carbonyl (C=O) groups is 2. The Morgan fingerprint density at radius 1 is 1.02 bits per heavy atom. The number of esters is 1. The number of hydrogen-bond acceptors (Lipinski definition) is 11. The highest BCUT2D eigenvalue weighted by molar-refractivity contribution is 6.00. The predicted octanol–water partition coefficient (Wildman–Crippen LogP) is 7.04. The van der Waals surface area contributed by atoms with E-state index < -0.39 is 53.6 Å². The number of Topliss-reactive ketones (excluding diaryl/α,β-unsaturated/α-hetero) is 1. The largest absolute Gasteiger partial charge is 0.492 e. The van der Waals surface area contributed by atoms with Crippen molar-refractivity contribution >= 4 is 28.7 Å². The Balaban J connectivity index is 1.40. The zero-order chi connectivity index (χ0) is 41.9. The fraction of sp³-hybridized carbons (Fsp3) is 0.596. The molecule has 1 N–H and O–H groups in total. The number of likely N-dealkylation sites (N-methyl/N-ethyl adjacent to an activating group) is 1. The first-order chi connectivity index (χ1) is 27.5. The van der Waals surface area contributed by atoms with E-state index in [1.54, 1.807) is 33.2 Å². The zero-order valence-electron chi connectivity index (χ0n) is 36.0. The topological polar surface area (TPSA) is 120 Å². The van der Waals surface area contributed by atoms with E-state index in [0.717, 1.165) is 28.5 Å². The van der Waals surface area contributed by atoms with Gasteiger partial charge < -0.3 is 33.7 Å². The van der Waals surface area contributed by atoms with Crippen LogP contribution in [0, 0.1) is 17.8 Å². The maximum atomic E-state index is 14.7. The molecule has 14 atom stereocenters. The number of cyclic esters (lactones) is 1. The molecule has 3 unspecified atom stereocenters. The van der Waals surface area contributed by atoms with Crippen LogP contribution in [-0.2, 0) is 39.9 Å². The molecular formula is C47H65N3O8. The molecule has 1 aromatic heterocycles. The molecule has 0 spiro atoms. The highest BCUT2D eigenvalue weighted by atomic mass is 16.7. The van der Waals surface area contributed by atoms with Crippen LogP contribution in [0.25, 0.3) is 17.0 Å². The van der Waals surface area contributed by atoms with Crippen molar-refractivity contribution in [1.29, 1.82) is 0 Å². The molecule has 0 radical (unpaired) electrons. The first-order valence-electron chi connectivity index (χ1n) is 21.1. The number of fused-ring (bicyclic) bond motifs is 2. The summed E-state index contributed by atoms with van der Waals surface area (Å²) in [6, 6.07) is 19.8. The zero-order valence-corrected chi connectivity index (χ0v) is 36.0. The van der Waals surface area contributed by atoms with Crippen LogP contribution in [0.15, 0.2) is 73.1 Å². The van der Waals surface area contributed by atoms with E-state index in [4.69, 9.17) is 23.7 Å². The van der Waals surface area contributed by atoms with Crippen molar-refractivity contribution in [3.8, 4) is 0 Å². The molecule has 3 saturated heterocycles. The van der Waals surface area contributed by atoms with Gasteiger partial charge in [-0.1, -0.05) is 69.3 Å². The number of hydrogen-bond donors (Lipinski definition) is 1. The molecule has 2 aromatic carbocycles. The summed E-state index contributed by atoms with van der Waals surface area (Å²) >= 11 is 0. The van der Waals surface area contributed by atoms with E-state index in [0.29, 0.717) is 26.0 Å². The number of carbonyl (C=O) groups excluding carboxylic acids is 2. The number of ether oxygens (including phenoxy) is 5. The molecule has 11 heteroatoms. The van der Waals surface area contributed by atoms with Gasteiger partial charge in [0.05, 0.1) is 30.5 Å². The van der Waals surface area contributed by atoms with Crippen LogP contribution in [0.3, 0.4) is 0 Å². The van der Waals surface area contributed by atoms with Gasteiger partial charge in [-0.25, -0.2) is 0 Å². The lowest BCUT2D eigenvalue weighted by Crippen LogP contribution is -2.59. The molecule has 6 rings (SSSR count). The van der Waals surface area contributed by atoms with Gasteiger partial charge in [0.2, 0.25) is 0 Å². The number of pyridine rings is 1. The summed E-state index contributed by atoms with van der Waals surface area (Å²) in [4.78, 5) is 37.6. The fourth-order valence-corrected chi connectivity index (χ4v) is 9.54. The van der Waals surface area contributed by atoms with Crippen molar-refractivity contribution in [2.75, 3.05) is 20.6 Å². The number of nitrogens with zero attached hydrogens (tertiary/aromatic N) is 3. The minimum atomic E-state index is -1.31. The number of ketones is 1.